The van der Waals surface area contributed by atoms with Crippen molar-refractivity contribution in [3.8, 4) is 5.75 Å². The molecular formula is C15H15NO3S2. The second-order valence-corrected chi connectivity index (χ2v) is 6.66. The topological polar surface area (TPSA) is 49.8 Å². The molecule has 1 N–H and O–H groups in total. The van der Waals surface area contributed by atoms with Crippen LogP contribution in [-0.2, 0) is 9.53 Å². The number of carbonyl (C=O) groups excluding carboxylic acids is 1. The summed E-state index contributed by atoms with van der Waals surface area (Å²) >= 11 is 6.56. The number of ether oxygens (including phenoxy) is 1. The molecule has 110 valence electrons. The molecule has 4 nitrogen and oxygen atoms in total. The van der Waals surface area contributed by atoms with Crippen molar-refractivity contribution in [3.05, 3.63) is 34.7 Å². The molecule has 2 fully saturated rings. The molecule has 2 aliphatic heterocycles. The number of para-hydroxylation sites is 1. The highest BCUT2D eigenvalue weighted by atomic mass is 32.2. The van der Waals surface area contributed by atoms with E-state index in [4.69, 9.17) is 17.0 Å². The molecule has 1 atom stereocenters. The average Bonchev–Trinajstić information content (AvgIpc) is 3.06. The Balaban J connectivity index is 1.78. The fourth-order valence-electron chi connectivity index (χ4n) is 2.40. The normalized spacial score (nSPS) is 24.3. The van der Waals surface area contributed by atoms with Crippen molar-refractivity contribution in [1.82, 2.24) is 4.90 Å². The van der Waals surface area contributed by atoms with Gasteiger partial charge in [-0.2, -0.15) is 0 Å². The zero-order valence-corrected chi connectivity index (χ0v) is 13.0. The second-order valence-electron chi connectivity index (χ2n) is 4.99. The molecule has 21 heavy (non-hydrogen) atoms. The number of hydrogen-bond acceptors (Lipinski definition) is 5. The van der Waals surface area contributed by atoms with Gasteiger partial charge in [-0.1, -0.05) is 42.2 Å². The summed E-state index contributed by atoms with van der Waals surface area (Å²) in [6, 6.07) is 6.93. The predicted molar refractivity (Wildman–Crippen MR) is 87.0 cm³/mol. The molecule has 6 heteroatoms. The van der Waals surface area contributed by atoms with E-state index in [-0.39, 0.29) is 17.8 Å². The van der Waals surface area contributed by atoms with Crippen LogP contribution in [0.3, 0.4) is 0 Å². The lowest BCUT2D eigenvalue weighted by molar-refractivity contribution is -0.123. The van der Waals surface area contributed by atoms with Crippen molar-refractivity contribution < 1.29 is 14.6 Å². The lowest BCUT2D eigenvalue weighted by Crippen LogP contribution is -2.35. The molecule has 0 aliphatic carbocycles. The average molecular weight is 321 g/mol. The van der Waals surface area contributed by atoms with E-state index in [0.29, 0.717) is 21.3 Å². The van der Waals surface area contributed by atoms with E-state index < -0.39 is 0 Å². The van der Waals surface area contributed by atoms with Crippen molar-refractivity contribution in [2.75, 3.05) is 13.2 Å². The summed E-state index contributed by atoms with van der Waals surface area (Å²) in [5.74, 6) is 0.0469. The number of rotatable bonds is 3. The monoisotopic (exact) mass is 321 g/mol. The van der Waals surface area contributed by atoms with Gasteiger partial charge >= 0.3 is 0 Å². The van der Waals surface area contributed by atoms with Crippen LogP contribution >= 0.6 is 24.0 Å². The minimum Gasteiger partial charge on any atom is -0.507 e. The van der Waals surface area contributed by atoms with Crippen LogP contribution in [0, 0.1) is 0 Å². The van der Waals surface area contributed by atoms with E-state index in [1.54, 1.807) is 29.2 Å². The molecule has 1 aromatic rings. The highest BCUT2D eigenvalue weighted by Gasteiger charge is 2.34. The molecule has 2 aliphatic rings. The van der Waals surface area contributed by atoms with Crippen LogP contribution in [0.1, 0.15) is 18.4 Å². The van der Waals surface area contributed by atoms with Crippen LogP contribution in [0.5, 0.6) is 5.75 Å². The summed E-state index contributed by atoms with van der Waals surface area (Å²) in [6.45, 7) is 1.27. The van der Waals surface area contributed by atoms with Crippen molar-refractivity contribution in [3.63, 3.8) is 0 Å². The van der Waals surface area contributed by atoms with Crippen LogP contribution in [0.25, 0.3) is 6.08 Å². The Kier molecular flexibility index (Phi) is 4.28. The molecule has 2 saturated heterocycles. The summed E-state index contributed by atoms with van der Waals surface area (Å²) < 4.78 is 6.11. The predicted octanol–water partition coefficient (Wildman–Crippen LogP) is 2.77. The molecular weight excluding hydrogens is 306 g/mol. The van der Waals surface area contributed by atoms with Gasteiger partial charge in [0, 0.05) is 12.2 Å². The number of thiocarbonyl (C=S) groups is 1. The first-order valence-corrected chi connectivity index (χ1v) is 8.02. The minimum atomic E-state index is -0.108. The Morgan fingerprint density at radius 2 is 2.29 bits per heavy atom. The summed E-state index contributed by atoms with van der Waals surface area (Å²) in [6.07, 6.45) is 3.77. The van der Waals surface area contributed by atoms with E-state index in [1.807, 2.05) is 6.07 Å². The van der Waals surface area contributed by atoms with Crippen molar-refractivity contribution in [2.45, 2.75) is 18.9 Å². The van der Waals surface area contributed by atoms with Crippen LogP contribution < -0.4 is 0 Å². The van der Waals surface area contributed by atoms with Gasteiger partial charge in [-0.15, -0.1) is 0 Å². The zero-order chi connectivity index (χ0) is 14.8. The molecule has 0 spiro atoms. The number of benzene rings is 1. The van der Waals surface area contributed by atoms with Gasteiger partial charge in [0.05, 0.1) is 17.6 Å². The van der Waals surface area contributed by atoms with E-state index in [9.17, 15) is 9.90 Å². The molecule has 0 saturated carbocycles. The first-order chi connectivity index (χ1) is 10.1. The van der Waals surface area contributed by atoms with Crippen LogP contribution in [0.15, 0.2) is 29.2 Å². The molecule has 1 aromatic carbocycles. The molecule has 2 heterocycles. The standard InChI is InChI=1S/C15H15NO3S2/c17-12-6-2-1-4-10(12)8-13-14(18)16(15(20)21-13)9-11-5-3-7-19-11/h1-2,4,6,8,11,17H,3,5,7,9H2/b13-8+/t11-/m1/s1. The maximum atomic E-state index is 12.4. The van der Waals surface area contributed by atoms with Gasteiger partial charge in [0.25, 0.3) is 5.91 Å². The zero-order valence-electron chi connectivity index (χ0n) is 11.3. The summed E-state index contributed by atoms with van der Waals surface area (Å²) in [5.41, 5.74) is 0.620. The van der Waals surface area contributed by atoms with Gasteiger partial charge in [0.2, 0.25) is 0 Å². The third kappa shape index (κ3) is 3.12. The largest absolute Gasteiger partial charge is 0.507 e. The fourth-order valence-corrected chi connectivity index (χ4v) is 3.67. The van der Waals surface area contributed by atoms with E-state index >= 15 is 0 Å². The molecule has 0 radical (unpaired) electrons. The second kappa shape index (κ2) is 6.17. The van der Waals surface area contributed by atoms with Crippen LogP contribution in [-0.4, -0.2) is 39.5 Å². The highest BCUT2D eigenvalue weighted by Crippen LogP contribution is 2.34. The lowest BCUT2D eigenvalue weighted by atomic mass is 10.2. The number of phenolic OH excluding ortho intramolecular Hbond substituents is 1. The van der Waals surface area contributed by atoms with E-state index in [2.05, 4.69) is 0 Å². The number of phenols is 1. The van der Waals surface area contributed by atoms with Gasteiger partial charge in [0.15, 0.2) is 0 Å². The third-order valence-electron chi connectivity index (χ3n) is 3.51. The Labute approximate surface area is 132 Å². The van der Waals surface area contributed by atoms with Gasteiger partial charge < -0.3 is 9.84 Å². The number of nitrogens with zero attached hydrogens (tertiary/aromatic N) is 1. The Morgan fingerprint density at radius 1 is 1.48 bits per heavy atom. The maximum absolute atomic E-state index is 12.4. The van der Waals surface area contributed by atoms with Gasteiger partial charge in [-0.25, -0.2) is 0 Å². The van der Waals surface area contributed by atoms with Gasteiger partial charge in [-0.3, -0.25) is 9.69 Å². The molecule has 3 rings (SSSR count). The Hall–Kier alpha value is -1.37. The number of amides is 1. The van der Waals surface area contributed by atoms with Crippen LogP contribution in [0.2, 0.25) is 0 Å². The summed E-state index contributed by atoms with van der Waals surface area (Å²) in [7, 11) is 0. The molecule has 1 amide bonds. The van der Waals surface area contributed by atoms with Crippen molar-refractivity contribution in [2.24, 2.45) is 0 Å². The first kappa shape index (κ1) is 14.6. The third-order valence-corrected chi connectivity index (χ3v) is 4.88. The fraction of sp³-hybridized carbons (Fsp3) is 0.333. The number of aromatic hydroxyl groups is 1. The molecule has 0 aromatic heterocycles. The number of hydrogen-bond donors (Lipinski definition) is 1. The van der Waals surface area contributed by atoms with Gasteiger partial charge in [0.1, 0.15) is 10.1 Å². The summed E-state index contributed by atoms with van der Waals surface area (Å²) in [4.78, 5) is 14.6. The summed E-state index contributed by atoms with van der Waals surface area (Å²) in [5, 5.41) is 9.79. The SMILES string of the molecule is O=C1/C(=C\c2ccccc2O)SC(=S)N1C[C@H]1CCCO1. The van der Waals surface area contributed by atoms with Crippen LogP contribution in [0.4, 0.5) is 0 Å². The number of carbonyl (C=O) groups is 1. The Bertz CT molecular complexity index is 609. The first-order valence-electron chi connectivity index (χ1n) is 6.80. The lowest BCUT2D eigenvalue weighted by Gasteiger charge is -2.18. The number of thioether (sulfide) groups is 1. The molecule has 0 bridgehead atoms. The minimum absolute atomic E-state index is 0.0805. The maximum Gasteiger partial charge on any atom is 0.266 e. The highest BCUT2D eigenvalue weighted by molar-refractivity contribution is 8.26. The quantitative estimate of drug-likeness (QED) is 0.685. The smallest absolute Gasteiger partial charge is 0.266 e. The van der Waals surface area contributed by atoms with Crippen molar-refractivity contribution in [1.29, 1.82) is 0 Å². The molecule has 0 unspecified atom stereocenters. The van der Waals surface area contributed by atoms with E-state index in [1.165, 1.54) is 11.8 Å². The Morgan fingerprint density at radius 3 is 3.00 bits per heavy atom. The van der Waals surface area contributed by atoms with Gasteiger partial charge in [-0.05, 0) is 25.0 Å². The van der Waals surface area contributed by atoms with E-state index in [0.717, 1.165) is 19.4 Å². The van der Waals surface area contributed by atoms with Crippen molar-refractivity contribution >= 4 is 40.3 Å².